The second kappa shape index (κ2) is 4.38. The van der Waals surface area contributed by atoms with Gasteiger partial charge in [0.1, 0.15) is 6.33 Å². The van der Waals surface area contributed by atoms with Gasteiger partial charge in [-0.05, 0) is 6.42 Å². The van der Waals surface area contributed by atoms with Crippen LogP contribution in [0.4, 0.5) is 0 Å². The number of hydrogen-bond acceptors (Lipinski definition) is 3. The van der Waals surface area contributed by atoms with E-state index in [0.717, 1.165) is 10.9 Å². The molecule has 0 bridgehead atoms. The molecule has 0 aliphatic carbocycles. The van der Waals surface area contributed by atoms with Crippen LogP contribution in [0, 0.1) is 0 Å². The highest BCUT2D eigenvalue weighted by Gasteiger charge is 1.98. The summed E-state index contributed by atoms with van der Waals surface area (Å²) in [6.07, 6.45) is 4.22. The van der Waals surface area contributed by atoms with Crippen LogP contribution in [0.5, 0.6) is 0 Å². The van der Waals surface area contributed by atoms with Crippen LogP contribution in [-0.2, 0) is 7.05 Å². The Labute approximate surface area is 71.2 Å². The topological polar surface area (TPSA) is 30.7 Å². The molecule has 0 amide bonds. The zero-order chi connectivity index (χ0) is 8.10. The minimum atomic E-state index is 1.01. The Kier molecular flexibility index (Phi) is 3.42. The SMILES string of the molecule is CCCCSc1nncn1C. The van der Waals surface area contributed by atoms with E-state index in [2.05, 4.69) is 17.1 Å². The lowest BCUT2D eigenvalue weighted by Gasteiger charge is -1.97. The third-order valence-electron chi connectivity index (χ3n) is 1.40. The van der Waals surface area contributed by atoms with E-state index in [1.807, 2.05) is 11.6 Å². The zero-order valence-corrected chi connectivity index (χ0v) is 7.77. The second-order valence-electron chi connectivity index (χ2n) is 2.43. The Bertz CT molecular complexity index is 209. The summed E-state index contributed by atoms with van der Waals surface area (Å²) in [5.41, 5.74) is 0. The quantitative estimate of drug-likeness (QED) is 0.510. The molecule has 0 N–H and O–H groups in total. The van der Waals surface area contributed by atoms with Crippen molar-refractivity contribution in [2.75, 3.05) is 5.75 Å². The summed E-state index contributed by atoms with van der Waals surface area (Å²) in [7, 11) is 1.97. The highest BCUT2D eigenvalue weighted by Crippen LogP contribution is 2.14. The second-order valence-corrected chi connectivity index (χ2v) is 3.49. The molecule has 0 saturated heterocycles. The van der Waals surface area contributed by atoms with Crippen molar-refractivity contribution >= 4 is 11.8 Å². The first kappa shape index (κ1) is 8.59. The number of rotatable bonds is 4. The van der Waals surface area contributed by atoms with Gasteiger partial charge in [0.15, 0.2) is 5.16 Å². The van der Waals surface area contributed by atoms with Crippen LogP contribution in [-0.4, -0.2) is 20.5 Å². The largest absolute Gasteiger partial charge is 0.312 e. The summed E-state index contributed by atoms with van der Waals surface area (Å²) >= 11 is 1.77. The van der Waals surface area contributed by atoms with Gasteiger partial charge in [0.05, 0.1) is 0 Å². The third kappa shape index (κ3) is 2.54. The van der Waals surface area contributed by atoms with Crippen molar-refractivity contribution in [2.24, 2.45) is 7.05 Å². The lowest BCUT2D eigenvalue weighted by atomic mass is 10.4. The van der Waals surface area contributed by atoms with Crippen LogP contribution < -0.4 is 0 Å². The van der Waals surface area contributed by atoms with Crippen molar-refractivity contribution in [3.8, 4) is 0 Å². The van der Waals surface area contributed by atoms with Gasteiger partial charge < -0.3 is 4.57 Å². The van der Waals surface area contributed by atoms with Gasteiger partial charge in [-0.15, -0.1) is 10.2 Å². The molecule has 0 fully saturated rings. The molecule has 0 spiro atoms. The lowest BCUT2D eigenvalue weighted by molar-refractivity contribution is 0.785. The molecule has 4 heteroatoms. The molecule has 0 aromatic carbocycles. The summed E-state index contributed by atoms with van der Waals surface area (Å²) in [5.74, 6) is 1.14. The Balaban J connectivity index is 2.32. The summed E-state index contributed by atoms with van der Waals surface area (Å²) < 4.78 is 1.94. The minimum absolute atomic E-state index is 1.01. The van der Waals surface area contributed by atoms with Crippen LogP contribution in [0.3, 0.4) is 0 Å². The van der Waals surface area contributed by atoms with Crippen LogP contribution in [0.1, 0.15) is 19.8 Å². The van der Waals surface area contributed by atoms with Crippen LogP contribution in [0.2, 0.25) is 0 Å². The van der Waals surface area contributed by atoms with Crippen molar-refractivity contribution in [2.45, 2.75) is 24.9 Å². The molecule has 1 aromatic rings. The molecule has 0 unspecified atom stereocenters. The molecular weight excluding hydrogens is 158 g/mol. The van der Waals surface area contributed by atoms with Gasteiger partial charge in [0.2, 0.25) is 0 Å². The maximum absolute atomic E-state index is 3.96. The zero-order valence-electron chi connectivity index (χ0n) is 6.95. The van der Waals surface area contributed by atoms with Crippen LogP contribution in [0.15, 0.2) is 11.5 Å². The van der Waals surface area contributed by atoms with Gasteiger partial charge in [-0.25, -0.2) is 0 Å². The molecule has 3 nitrogen and oxygen atoms in total. The Morgan fingerprint density at radius 2 is 2.45 bits per heavy atom. The van der Waals surface area contributed by atoms with Crippen LogP contribution in [0.25, 0.3) is 0 Å². The lowest BCUT2D eigenvalue weighted by Crippen LogP contribution is -1.89. The first-order chi connectivity index (χ1) is 5.34. The fourth-order valence-electron chi connectivity index (χ4n) is 0.711. The molecule has 1 heterocycles. The predicted molar refractivity (Wildman–Crippen MR) is 46.6 cm³/mol. The minimum Gasteiger partial charge on any atom is -0.312 e. The van der Waals surface area contributed by atoms with Gasteiger partial charge in [0.25, 0.3) is 0 Å². The van der Waals surface area contributed by atoms with E-state index in [9.17, 15) is 0 Å². The van der Waals surface area contributed by atoms with Crippen molar-refractivity contribution in [3.05, 3.63) is 6.33 Å². The fraction of sp³-hybridized carbons (Fsp3) is 0.714. The van der Waals surface area contributed by atoms with E-state index >= 15 is 0 Å². The molecule has 62 valence electrons. The van der Waals surface area contributed by atoms with E-state index in [1.165, 1.54) is 12.8 Å². The van der Waals surface area contributed by atoms with E-state index in [-0.39, 0.29) is 0 Å². The average molecular weight is 171 g/mol. The fourth-order valence-corrected chi connectivity index (χ4v) is 1.68. The van der Waals surface area contributed by atoms with Crippen molar-refractivity contribution in [1.29, 1.82) is 0 Å². The normalized spacial score (nSPS) is 10.4. The Morgan fingerprint density at radius 1 is 1.64 bits per heavy atom. The van der Waals surface area contributed by atoms with E-state index in [0.29, 0.717) is 0 Å². The van der Waals surface area contributed by atoms with Crippen molar-refractivity contribution in [1.82, 2.24) is 14.8 Å². The van der Waals surface area contributed by atoms with Gasteiger partial charge in [0, 0.05) is 12.8 Å². The summed E-state index contributed by atoms with van der Waals surface area (Å²) in [6, 6.07) is 0. The van der Waals surface area contributed by atoms with Gasteiger partial charge >= 0.3 is 0 Å². The number of thioether (sulfide) groups is 1. The highest BCUT2D eigenvalue weighted by molar-refractivity contribution is 7.99. The standard InChI is InChI=1S/C7H13N3S/c1-3-4-5-11-7-9-8-6-10(7)2/h6H,3-5H2,1-2H3. The molecule has 0 aliphatic rings. The predicted octanol–water partition coefficient (Wildman–Crippen LogP) is 1.71. The van der Waals surface area contributed by atoms with Crippen molar-refractivity contribution in [3.63, 3.8) is 0 Å². The Hall–Kier alpha value is -0.510. The number of aryl methyl sites for hydroxylation is 1. The molecule has 11 heavy (non-hydrogen) atoms. The third-order valence-corrected chi connectivity index (χ3v) is 2.52. The molecule has 0 aliphatic heterocycles. The molecule has 0 atom stereocenters. The molecule has 1 rings (SSSR count). The van der Waals surface area contributed by atoms with E-state index in [1.54, 1.807) is 18.1 Å². The van der Waals surface area contributed by atoms with E-state index in [4.69, 9.17) is 0 Å². The summed E-state index contributed by atoms with van der Waals surface area (Å²) in [4.78, 5) is 0. The first-order valence-electron chi connectivity index (χ1n) is 3.81. The van der Waals surface area contributed by atoms with Crippen LogP contribution >= 0.6 is 11.8 Å². The Morgan fingerprint density at radius 3 is 3.00 bits per heavy atom. The van der Waals surface area contributed by atoms with Gasteiger partial charge in [-0.2, -0.15) is 0 Å². The average Bonchev–Trinajstić information content (AvgIpc) is 2.37. The number of unbranched alkanes of at least 4 members (excludes halogenated alkanes) is 1. The smallest absolute Gasteiger partial charge is 0.190 e. The molecule has 0 radical (unpaired) electrons. The monoisotopic (exact) mass is 171 g/mol. The number of aromatic nitrogens is 3. The maximum Gasteiger partial charge on any atom is 0.190 e. The van der Waals surface area contributed by atoms with Gasteiger partial charge in [-0.1, -0.05) is 25.1 Å². The molecule has 1 aromatic heterocycles. The van der Waals surface area contributed by atoms with E-state index < -0.39 is 0 Å². The first-order valence-corrected chi connectivity index (χ1v) is 4.80. The molecule has 0 saturated carbocycles. The maximum atomic E-state index is 3.96. The summed E-state index contributed by atoms with van der Waals surface area (Å²) in [6.45, 7) is 2.19. The number of hydrogen-bond donors (Lipinski definition) is 0. The molecular formula is C7H13N3S. The number of nitrogens with zero attached hydrogens (tertiary/aromatic N) is 3. The summed E-state index contributed by atoms with van der Waals surface area (Å²) in [5, 5.41) is 8.77. The highest BCUT2D eigenvalue weighted by atomic mass is 32.2. The van der Waals surface area contributed by atoms with Crippen molar-refractivity contribution < 1.29 is 0 Å². The van der Waals surface area contributed by atoms with Gasteiger partial charge in [-0.3, -0.25) is 0 Å².